The van der Waals surface area contributed by atoms with Gasteiger partial charge in [0.05, 0.1) is 20.7 Å². The maximum atomic E-state index is 5.39. The highest BCUT2D eigenvalue weighted by atomic mass is 35.5. The molecule has 11 heavy (non-hydrogen) atoms. The second kappa shape index (κ2) is 3.74. The molecule has 0 aliphatic carbocycles. The third-order valence-electron chi connectivity index (χ3n) is 2.44. The Bertz CT molecular complexity index is 123. The minimum absolute atomic E-state index is 0. The molecule has 0 spiro atoms. The molecule has 2 unspecified atom stereocenters. The van der Waals surface area contributed by atoms with Gasteiger partial charge in [-0.3, -0.25) is 0 Å². The molecule has 1 fully saturated rings. The molecule has 1 aliphatic rings. The van der Waals surface area contributed by atoms with Crippen LogP contribution in [0.25, 0.3) is 0 Å². The molecule has 0 saturated carbocycles. The van der Waals surface area contributed by atoms with Crippen molar-refractivity contribution >= 4 is 0 Å². The van der Waals surface area contributed by atoms with Crippen molar-refractivity contribution < 1.29 is 22.0 Å². The van der Waals surface area contributed by atoms with E-state index in [-0.39, 0.29) is 18.0 Å². The Kier molecular flexibility index (Phi) is 3.82. The lowest BCUT2D eigenvalue weighted by Gasteiger charge is -2.23. The second-order valence-corrected chi connectivity index (χ2v) is 3.64. The normalized spacial score (nSPS) is 31.4. The number of ether oxygens (including phenoxy) is 1. The molecule has 0 radical (unpaired) electrons. The van der Waals surface area contributed by atoms with Crippen LogP contribution in [0.1, 0.15) is 20.3 Å². The molecule has 1 N–H and O–H groups in total. The van der Waals surface area contributed by atoms with Gasteiger partial charge in [-0.25, -0.2) is 0 Å². The van der Waals surface area contributed by atoms with E-state index in [1.807, 2.05) is 0 Å². The third-order valence-corrected chi connectivity index (χ3v) is 2.44. The van der Waals surface area contributed by atoms with E-state index < -0.39 is 0 Å². The summed E-state index contributed by atoms with van der Waals surface area (Å²) in [5.41, 5.74) is 0.202. The molecule has 1 saturated heterocycles. The summed E-state index contributed by atoms with van der Waals surface area (Å²) in [6.45, 7) is 5.38. The molecule has 1 heterocycles. The maximum Gasteiger partial charge on any atom is 0.140 e. The van der Waals surface area contributed by atoms with Gasteiger partial charge in [0.25, 0.3) is 0 Å². The first kappa shape index (κ1) is 11.2. The van der Waals surface area contributed by atoms with E-state index in [2.05, 4.69) is 27.9 Å². The van der Waals surface area contributed by atoms with Gasteiger partial charge in [-0.1, -0.05) is 6.92 Å². The number of nitrogens with one attached hydrogen (secondary N) is 1. The van der Waals surface area contributed by atoms with Crippen molar-refractivity contribution in [3.05, 3.63) is 0 Å². The van der Waals surface area contributed by atoms with E-state index in [0.29, 0.717) is 6.04 Å². The van der Waals surface area contributed by atoms with Gasteiger partial charge in [0.1, 0.15) is 11.6 Å². The Balaban J connectivity index is 0.000001000. The first-order chi connectivity index (χ1) is 4.60. The van der Waals surface area contributed by atoms with Gasteiger partial charge in [-0.2, -0.15) is 0 Å². The Labute approximate surface area is 75.3 Å². The molecule has 1 rings (SSSR count). The van der Waals surface area contributed by atoms with Crippen LogP contribution in [0, 0.1) is 0 Å². The molecule has 0 aromatic rings. The largest absolute Gasteiger partial charge is 1.00 e. The Morgan fingerprint density at radius 3 is 2.09 bits per heavy atom. The third kappa shape index (κ3) is 2.32. The summed E-state index contributed by atoms with van der Waals surface area (Å²) < 4.78 is 5.39. The van der Waals surface area contributed by atoms with Crippen LogP contribution >= 0.6 is 0 Å². The molecule has 0 amide bonds. The summed E-state index contributed by atoms with van der Waals surface area (Å²) in [6, 6.07) is 0.674. The van der Waals surface area contributed by atoms with E-state index in [4.69, 9.17) is 4.74 Å². The monoisotopic (exact) mass is 179 g/mol. The molecule has 2 nitrogen and oxygen atoms in total. The zero-order valence-electron chi connectivity index (χ0n) is 7.78. The lowest BCUT2D eigenvalue weighted by molar-refractivity contribution is -0.889. The number of hydrogen-bond acceptors (Lipinski definition) is 1. The fourth-order valence-electron chi connectivity index (χ4n) is 1.77. The minimum Gasteiger partial charge on any atom is -1.00 e. The van der Waals surface area contributed by atoms with Crippen LogP contribution < -0.4 is 17.3 Å². The van der Waals surface area contributed by atoms with E-state index in [9.17, 15) is 0 Å². The van der Waals surface area contributed by atoms with E-state index in [0.717, 1.165) is 6.61 Å². The SMILES string of the molecule is CCC([NH+](C)C)C1(C)CO1.[Cl-]. The van der Waals surface area contributed by atoms with Crippen molar-refractivity contribution in [2.24, 2.45) is 0 Å². The Morgan fingerprint density at radius 1 is 1.55 bits per heavy atom. The van der Waals surface area contributed by atoms with Gasteiger partial charge in [-0.15, -0.1) is 0 Å². The lowest BCUT2D eigenvalue weighted by atomic mass is 10.00. The van der Waals surface area contributed by atoms with Gasteiger partial charge in [0.2, 0.25) is 0 Å². The van der Waals surface area contributed by atoms with Crippen LogP contribution in [0.2, 0.25) is 0 Å². The number of hydrogen-bond donors (Lipinski definition) is 1. The standard InChI is InChI=1S/C8H17NO.ClH/c1-5-7(9(3)4)8(2)6-10-8;/h7H,5-6H2,1-4H3;1H. The van der Waals surface area contributed by atoms with Crippen LogP contribution in [0.3, 0.4) is 0 Å². The van der Waals surface area contributed by atoms with Crippen molar-refractivity contribution in [2.75, 3.05) is 20.7 Å². The summed E-state index contributed by atoms with van der Waals surface area (Å²) in [6.07, 6.45) is 1.21. The Hall–Kier alpha value is 0.210. The highest BCUT2D eigenvalue weighted by molar-refractivity contribution is 4.93. The maximum absolute atomic E-state index is 5.39. The highest BCUT2D eigenvalue weighted by Crippen LogP contribution is 2.29. The first-order valence-corrected chi connectivity index (χ1v) is 4.04. The van der Waals surface area contributed by atoms with Crippen LogP contribution in [-0.4, -0.2) is 32.3 Å². The summed E-state index contributed by atoms with van der Waals surface area (Å²) >= 11 is 0. The van der Waals surface area contributed by atoms with Crippen molar-refractivity contribution in [2.45, 2.75) is 31.9 Å². The van der Waals surface area contributed by atoms with Gasteiger partial charge < -0.3 is 22.0 Å². The molecular weight excluding hydrogens is 162 g/mol. The van der Waals surface area contributed by atoms with Gasteiger partial charge in [0.15, 0.2) is 0 Å². The van der Waals surface area contributed by atoms with Crippen LogP contribution in [0.4, 0.5) is 0 Å². The highest BCUT2D eigenvalue weighted by Gasteiger charge is 2.49. The number of halogens is 1. The van der Waals surface area contributed by atoms with Crippen LogP contribution in [-0.2, 0) is 4.74 Å². The number of rotatable bonds is 3. The molecule has 68 valence electrons. The predicted molar refractivity (Wildman–Crippen MR) is 41.2 cm³/mol. The van der Waals surface area contributed by atoms with Crippen molar-refractivity contribution in [1.29, 1.82) is 0 Å². The molecule has 3 heteroatoms. The summed E-state index contributed by atoms with van der Waals surface area (Å²) in [5.74, 6) is 0. The van der Waals surface area contributed by atoms with Gasteiger partial charge in [-0.05, 0) is 13.3 Å². The smallest absolute Gasteiger partial charge is 0.140 e. The topological polar surface area (TPSA) is 17.0 Å². The molecule has 0 aromatic heterocycles. The number of likely N-dealkylation sites (N-methyl/N-ethyl adjacent to an activating group) is 1. The average molecular weight is 180 g/mol. The van der Waals surface area contributed by atoms with Crippen LogP contribution in [0.15, 0.2) is 0 Å². The molecule has 0 bridgehead atoms. The van der Waals surface area contributed by atoms with Crippen LogP contribution in [0.5, 0.6) is 0 Å². The van der Waals surface area contributed by atoms with E-state index in [1.165, 1.54) is 11.3 Å². The zero-order chi connectivity index (χ0) is 7.78. The fourth-order valence-corrected chi connectivity index (χ4v) is 1.77. The lowest BCUT2D eigenvalue weighted by Crippen LogP contribution is -3.11. The number of epoxide rings is 1. The molecule has 0 aromatic carbocycles. The van der Waals surface area contributed by atoms with E-state index in [1.54, 1.807) is 0 Å². The molecule has 2 atom stereocenters. The fraction of sp³-hybridized carbons (Fsp3) is 1.00. The Morgan fingerprint density at radius 2 is 2.00 bits per heavy atom. The quantitative estimate of drug-likeness (QED) is 0.450. The summed E-state index contributed by atoms with van der Waals surface area (Å²) in [4.78, 5) is 1.50. The number of quaternary nitrogens is 1. The van der Waals surface area contributed by atoms with E-state index >= 15 is 0 Å². The molecular formula is C8H18ClNO. The zero-order valence-corrected chi connectivity index (χ0v) is 8.53. The summed E-state index contributed by atoms with van der Waals surface area (Å²) in [7, 11) is 4.39. The van der Waals surface area contributed by atoms with Crippen molar-refractivity contribution in [3.63, 3.8) is 0 Å². The molecule has 1 aliphatic heterocycles. The predicted octanol–water partition coefficient (Wildman–Crippen LogP) is -3.30. The van der Waals surface area contributed by atoms with Gasteiger partial charge >= 0.3 is 0 Å². The minimum atomic E-state index is 0. The van der Waals surface area contributed by atoms with Gasteiger partial charge in [0, 0.05) is 0 Å². The van der Waals surface area contributed by atoms with Crippen molar-refractivity contribution in [1.82, 2.24) is 0 Å². The second-order valence-electron chi connectivity index (χ2n) is 3.64. The average Bonchev–Trinajstić information content (AvgIpc) is 2.49. The van der Waals surface area contributed by atoms with Crippen molar-refractivity contribution in [3.8, 4) is 0 Å². The first-order valence-electron chi connectivity index (χ1n) is 4.04. The summed E-state index contributed by atoms with van der Waals surface area (Å²) in [5, 5.41) is 0.